The zero-order chi connectivity index (χ0) is 52.6. The molecular weight excluding hydrogens is 945 g/mol. The molecule has 17 nitrogen and oxygen atoms in total. The van der Waals surface area contributed by atoms with Crippen molar-refractivity contribution in [1.29, 1.82) is 0 Å². The van der Waals surface area contributed by atoms with E-state index in [-0.39, 0.29) is 31.0 Å². The van der Waals surface area contributed by atoms with Gasteiger partial charge in [-0.05, 0) is 89.5 Å². The van der Waals surface area contributed by atoms with Crippen LogP contribution >= 0.6 is 0 Å². The Bertz CT molecular complexity index is 2130. The number of aliphatic hydroxyl groups excluding tert-OH is 1. The minimum Gasteiger partial charge on any atom is -0.481 e. The van der Waals surface area contributed by atoms with Crippen LogP contribution in [-0.4, -0.2) is 151 Å². The summed E-state index contributed by atoms with van der Waals surface area (Å²) in [5, 5.41) is 33.4. The van der Waals surface area contributed by atoms with E-state index in [2.05, 4.69) is 19.1 Å². The Morgan fingerprint density at radius 2 is 1.55 bits per heavy atom. The molecule has 8 rings (SSSR count). The molecule has 73 heavy (non-hydrogen) atoms. The second-order valence-electron chi connectivity index (χ2n) is 22.8. The number of hydrogen-bond acceptors (Lipinski definition) is 16. The second kappa shape index (κ2) is 23.1. The summed E-state index contributed by atoms with van der Waals surface area (Å²) in [7, 11) is 3.20. The van der Waals surface area contributed by atoms with Gasteiger partial charge in [-0.3, -0.25) is 14.4 Å². The van der Waals surface area contributed by atoms with Crippen molar-refractivity contribution in [2.45, 2.75) is 223 Å². The standard InChI is InChI=1S/C56H82O17/c1-30-15-14-18-37-29-65-51-49(69-43(57)28-54(7,8)53(60)61)33(4)23-40(56(37,51)62)52(59)68-39-24-38(72-55(27-39)22-21-32(3)48(73-55)36-16-12-11-13-17-36)20-19-31(2)47(30)70-45-26-42(64-10)50(35(6)67-45)71-44-25-41(63-9)46(58)34(5)66-44/h14-15,18-19,21-23,30,32,34-36,38-42,44-51,58,62H,11-13,16-17,20,24-29H2,1-10H3,(H,60,61)/b15-14+,31-19+,37-18+/t30-,32-,34-,35-,38+,39?,40-,41-,42-,44-,45-,46-,47-,48-,49+,50-,51+,55+,56+/m0/s1. The number of aliphatic hydroxyl groups is 2. The number of carboxylic acid groups (broad SMARTS) is 1. The zero-order valence-corrected chi connectivity index (χ0v) is 44.5. The van der Waals surface area contributed by atoms with Gasteiger partial charge in [0.15, 0.2) is 24.5 Å². The number of carboxylic acids is 1. The van der Waals surface area contributed by atoms with Gasteiger partial charge in [-0.25, -0.2) is 0 Å². The van der Waals surface area contributed by atoms with Gasteiger partial charge in [0, 0.05) is 51.7 Å². The average Bonchev–Trinajstić information content (AvgIpc) is 3.68. The number of methoxy groups -OCH3 is 2. The summed E-state index contributed by atoms with van der Waals surface area (Å²) in [4.78, 5) is 40.2. The molecule has 3 N–H and O–H groups in total. The summed E-state index contributed by atoms with van der Waals surface area (Å²) in [5.74, 6) is -4.77. The Hall–Kier alpha value is -3.33. The van der Waals surface area contributed by atoms with Gasteiger partial charge in [-0.15, -0.1) is 0 Å². The monoisotopic (exact) mass is 1030 g/mol. The van der Waals surface area contributed by atoms with Crippen molar-refractivity contribution in [2.75, 3.05) is 20.8 Å². The SMILES string of the molecule is CO[C@H]1C[C@H](O[C@H]2[C@H](C)O[C@@H](O[C@@H]3/C(C)=C/C[C@@H]4CC(C[C@]5(C=C[C@H](C)[C@@H](C6CCCCC6)O5)O4)OC(=O)[C@@H]4C=C(C)[C@@H](OC(=O)CC(C)(C)C(=O)O)[C@H]5OC/C(=C\C=C\[C@@H]3C)[C@]54O)C[C@@H]2OC)O[C@@H](C)[C@@H]1O. The number of hydrogen-bond donors (Lipinski definition) is 3. The van der Waals surface area contributed by atoms with Crippen LogP contribution in [0.2, 0.25) is 0 Å². The quantitative estimate of drug-likeness (QED) is 0.141. The first kappa shape index (κ1) is 55.9. The Kier molecular flexibility index (Phi) is 17.7. The molecule has 408 valence electrons. The van der Waals surface area contributed by atoms with Gasteiger partial charge in [-0.1, -0.05) is 69.6 Å². The van der Waals surface area contributed by atoms with Gasteiger partial charge in [0.25, 0.3) is 0 Å². The lowest BCUT2D eigenvalue weighted by molar-refractivity contribution is -0.318. The predicted octanol–water partition coefficient (Wildman–Crippen LogP) is 6.96. The third-order valence-corrected chi connectivity index (χ3v) is 16.8. The molecule has 17 heteroatoms. The van der Waals surface area contributed by atoms with Crippen molar-refractivity contribution in [3.8, 4) is 0 Å². The van der Waals surface area contributed by atoms with E-state index in [1.807, 2.05) is 39.0 Å². The van der Waals surface area contributed by atoms with E-state index in [1.54, 1.807) is 40.2 Å². The van der Waals surface area contributed by atoms with Crippen LogP contribution in [0.25, 0.3) is 0 Å². The van der Waals surface area contributed by atoms with Crippen LogP contribution in [0.3, 0.4) is 0 Å². The Morgan fingerprint density at radius 3 is 2.26 bits per heavy atom. The molecule has 6 heterocycles. The minimum atomic E-state index is -2.02. The molecule has 4 saturated heterocycles. The van der Waals surface area contributed by atoms with Crippen LogP contribution in [0, 0.1) is 29.1 Å². The maximum Gasteiger partial charge on any atom is 0.316 e. The maximum atomic E-state index is 14.8. The summed E-state index contributed by atoms with van der Waals surface area (Å²) in [6, 6.07) is 0. The topological polar surface area (TPSA) is 213 Å². The fourth-order valence-corrected chi connectivity index (χ4v) is 12.4. The Labute approximate surface area is 430 Å². The van der Waals surface area contributed by atoms with Crippen LogP contribution in [0.1, 0.15) is 126 Å². The number of aliphatic carboxylic acids is 1. The largest absolute Gasteiger partial charge is 0.481 e. The number of carbonyl (C=O) groups excluding carboxylic acids is 2. The highest BCUT2D eigenvalue weighted by atomic mass is 16.7. The molecule has 0 aromatic heterocycles. The maximum absolute atomic E-state index is 14.8. The first-order valence-electron chi connectivity index (χ1n) is 26.8. The Morgan fingerprint density at radius 1 is 0.849 bits per heavy atom. The number of esters is 2. The highest BCUT2D eigenvalue weighted by Crippen LogP contribution is 2.49. The lowest BCUT2D eigenvalue weighted by Gasteiger charge is -2.49. The third-order valence-electron chi connectivity index (χ3n) is 16.8. The van der Waals surface area contributed by atoms with E-state index >= 15 is 0 Å². The molecule has 5 fully saturated rings. The highest BCUT2D eigenvalue weighted by Gasteiger charge is 2.61. The van der Waals surface area contributed by atoms with Gasteiger partial charge in [-0.2, -0.15) is 0 Å². The molecule has 0 aromatic carbocycles. The van der Waals surface area contributed by atoms with Gasteiger partial charge in [0.05, 0.1) is 61.2 Å². The third kappa shape index (κ3) is 12.1. The van der Waals surface area contributed by atoms with Crippen LogP contribution in [0.15, 0.2) is 59.3 Å². The molecule has 8 aliphatic rings. The molecule has 0 aromatic rings. The van der Waals surface area contributed by atoms with Crippen LogP contribution in [-0.2, 0) is 66.5 Å². The molecule has 6 aliphatic heterocycles. The second-order valence-corrected chi connectivity index (χ2v) is 22.8. The van der Waals surface area contributed by atoms with E-state index in [1.165, 1.54) is 20.3 Å². The molecule has 0 amide bonds. The van der Waals surface area contributed by atoms with Gasteiger partial charge < -0.3 is 67.4 Å². The molecule has 2 aliphatic carbocycles. The average molecular weight is 1030 g/mol. The predicted molar refractivity (Wildman–Crippen MR) is 264 cm³/mol. The number of fused-ring (bicyclic) bond motifs is 2. The summed E-state index contributed by atoms with van der Waals surface area (Å²) in [6.45, 7) is 14.4. The van der Waals surface area contributed by atoms with Crippen molar-refractivity contribution in [3.05, 3.63) is 59.3 Å². The van der Waals surface area contributed by atoms with Crippen LogP contribution in [0.5, 0.6) is 0 Å². The van der Waals surface area contributed by atoms with E-state index in [0.29, 0.717) is 42.7 Å². The molecule has 1 spiro atoms. The number of allylic oxidation sites excluding steroid dienone is 2. The smallest absolute Gasteiger partial charge is 0.316 e. The fraction of sp³-hybridized carbons (Fsp3) is 0.768. The van der Waals surface area contributed by atoms with E-state index < -0.39 is 127 Å². The number of carbonyl (C=O) groups is 3. The Balaban J connectivity index is 1.11. The fourth-order valence-electron chi connectivity index (χ4n) is 12.4. The lowest BCUT2D eigenvalue weighted by atomic mass is 9.70. The summed E-state index contributed by atoms with van der Waals surface area (Å²) >= 11 is 0. The molecule has 2 bridgehead atoms. The molecule has 1 unspecified atom stereocenters. The zero-order valence-electron chi connectivity index (χ0n) is 44.5. The summed E-state index contributed by atoms with van der Waals surface area (Å²) in [6.07, 6.45) is 11.8. The van der Waals surface area contributed by atoms with Gasteiger partial charge in [0.2, 0.25) is 0 Å². The van der Waals surface area contributed by atoms with E-state index in [4.69, 9.17) is 52.1 Å². The normalized spacial score (nSPS) is 44.7. The van der Waals surface area contributed by atoms with Crippen molar-refractivity contribution >= 4 is 17.9 Å². The molecule has 1 saturated carbocycles. The van der Waals surface area contributed by atoms with E-state index in [0.717, 1.165) is 31.3 Å². The highest BCUT2D eigenvalue weighted by molar-refractivity contribution is 5.82. The molecule has 19 atom stereocenters. The van der Waals surface area contributed by atoms with Crippen molar-refractivity contribution in [3.63, 3.8) is 0 Å². The first-order chi connectivity index (χ1) is 34.6. The van der Waals surface area contributed by atoms with Gasteiger partial charge >= 0.3 is 17.9 Å². The molecular formula is C56H82O17. The first-order valence-corrected chi connectivity index (χ1v) is 26.8. The van der Waals surface area contributed by atoms with Crippen LogP contribution in [0.4, 0.5) is 0 Å². The lowest BCUT2D eigenvalue weighted by Crippen LogP contribution is -2.59. The van der Waals surface area contributed by atoms with Crippen LogP contribution < -0.4 is 0 Å². The van der Waals surface area contributed by atoms with Crippen molar-refractivity contribution in [1.82, 2.24) is 0 Å². The number of ether oxygens (including phenoxy) is 11. The van der Waals surface area contributed by atoms with E-state index in [9.17, 15) is 29.7 Å². The number of rotatable bonds is 11. The van der Waals surface area contributed by atoms with Gasteiger partial charge in [0.1, 0.15) is 35.9 Å². The molecule has 0 radical (unpaired) electrons. The van der Waals surface area contributed by atoms with Crippen molar-refractivity contribution < 1.29 is 81.8 Å². The minimum absolute atomic E-state index is 0.0804. The summed E-state index contributed by atoms with van der Waals surface area (Å²) < 4.78 is 70.6. The van der Waals surface area contributed by atoms with Crippen molar-refractivity contribution in [2.24, 2.45) is 29.1 Å². The summed E-state index contributed by atoms with van der Waals surface area (Å²) in [5.41, 5.74) is -1.67.